The van der Waals surface area contributed by atoms with Crippen LogP contribution in [0.1, 0.15) is 36.0 Å². The molecule has 140 valence electrons. The van der Waals surface area contributed by atoms with Crippen molar-refractivity contribution in [2.45, 2.75) is 32.2 Å². The molecule has 0 aliphatic carbocycles. The summed E-state index contributed by atoms with van der Waals surface area (Å²) in [5.74, 6) is 2.18. The van der Waals surface area contributed by atoms with Gasteiger partial charge in [0, 0.05) is 37.9 Å². The molecule has 2 aromatic heterocycles. The molecule has 1 aliphatic heterocycles. The first kappa shape index (κ1) is 17.3. The predicted molar refractivity (Wildman–Crippen MR) is 100 cm³/mol. The van der Waals surface area contributed by atoms with Crippen LogP contribution in [0.15, 0.2) is 43.0 Å². The molecule has 0 radical (unpaired) electrons. The number of benzene rings is 1. The summed E-state index contributed by atoms with van der Waals surface area (Å²) in [5, 5.41) is 9.91. The largest absolute Gasteiger partial charge is 0.334 e. The number of carbonyl (C=O) groups excluding carboxylic acids is 1. The minimum Gasteiger partial charge on any atom is -0.334 e. The van der Waals surface area contributed by atoms with Crippen LogP contribution in [0.4, 0.5) is 4.79 Å². The topological polar surface area (TPSA) is 91.7 Å². The first-order valence-corrected chi connectivity index (χ1v) is 9.18. The number of aromatic amines is 1. The van der Waals surface area contributed by atoms with Crippen LogP contribution in [-0.2, 0) is 6.54 Å². The van der Waals surface area contributed by atoms with Gasteiger partial charge in [0.15, 0.2) is 0 Å². The molecule has 27 heavy (non-hydrogen) atoms. The van der Waals surface area contributed by atoms with E-state index in [2.05, 4.69) is 25.5 Å². The van der Waals surface area contributed by atoms with E-state index in [0.717, 1.165) is 48.8 Å². The van der Waals surface area contributed by atoms with Gasteiger partial charge in [0.1, 0.15) is 18.0 Å². The predicted octanol–water partition coefficient (Wildman–Crippen LogP) is 2.39. The summed E-state index contributed by atoms with van der Waals surface area (Å²) in [6.45, 7) is 3.89. The van der Waals surface area contributed by atoms with Crippen molar-refractivity contribution in [3.8, 4) is 5.69 Å². The summed E-state index contributed by atoms with van der Waals surface area (Å²) in [6.07, 6.45) is 7.04. The molecule has 0 spiro atoms. The first-order chi connectivity index (χ1) is 13.2. The fraction of sp³-hybridized carbons (Fsp3) is 0.368. The van der Waals surface area contributed by atoms with E-state index in [9.17, 15) is 4.79 Å². The number of urea groups is 1. The quantitative estimate of drug-likeness (QED) is 0.743. The van der Waals surface area contributed by atoms with E-state index in [1.807, 2.05) is 46.9 Å². The SMILES string of the molecule is Cc1nccn1-c1ccccc1CNC(=O)N1CCC(c2ncn[nH]2)CC1. The zero-order chi connectivity index (χ0) is 18.6. The molecule has 8 heteroatoms. The second-order valence-electron chi connectivity index (χ2n) is 6.76. The summed E-state index contributed by atoms with van der Waals surface area (Å²) < 4.78 is 2.03. The highest BCUT2D eigenvalue weighted by atomic mass is 16.2. The lowest BCUT2D eigenvalue weighted by Gasteiger charge is -2.31. The van der Waals surface area contributed by atoms with E-state index < -0.39 is 0 Å². The highest BCUT2D eigenvalue weighted by molar-refractivity contribution is 5.74. The Morgan fingerprint density at radius 1 is 1.26 bits per heavy atom. The Balaban J connectivity index is 1.36. The third-order valence-corrected chi connectivity index (χ3v) is 5.11. The van der Waals surface area contributed by atoms with Crippen molar-refractivity contribution < 1.29 is 4.79 Å². The number of amides is 2. The number of carbonyl (C=O) groups is 1. The van der Waals surface area contributed by atoms with Gasteiger partial charge in [-0.3, -0.25) is 5.10 Å². The van der Waals surface area contributed by atoms with Gasteiger partial charge in [-0.25, -0.2) is 14.8 Å². The third kappa shape index (κ3) is 3.69. The maximum absolute atomic E-state index is 12.6. The minimum atomic E-state index is -0.0248. The number of nitrogens with one attached hydrogen (secondary N) is 2. The number of rotatable bonds is 4. The lowest BCUT2D eigenvalue weighted by Crippen LogP contribution is -2.44. The number of likely N-dealkylation sites (tertiary alicyclic amines) is 1. The smallest absolute Gasteiger partial charge is 0.317 e. The molecule has 1 saturated heterocycles. The average molecular weight is 365 g/mol. The van der Waals surface area contributed by atoms with Gasteiger partial charge in [-0.1, -0.05) is 18.2 Å². The fourth-order valence-corrected chi connectivity index (χ4v) is 3.58. The maximum atomic E-state index is 12.6. The van der Waals surface area contributed by atoms with E-state index in [4.69, 9.17) is 0 Å². The van der Waals surface area contributed by atoms with Crippen molar-refractivity contribution in [3.05, 3.63) is 60.2 Å². The van der Waals surface area contributed by atoms with Crippen molar-refractivity contribution in [2.24, 2.45) is 0 Å². The van der Waals surface area contributed by atoms with Crippen molar-refractivity contribution in [1.82, 2.24) is 34.9 Å². The van der Waals surface area contributed by atoms with E-state index in [-0.39, 0.29) is 6.03 Å². The Hall–Kier alpha value is -3.16. The molecule has 2 N–H and O–H groups in total. The summed E-state index contributed by atoms with van der Waals surface area (Å²) in [7, 11) is 0. The number of nitrogens with zero attached hydrogens (tertiary/aromatic N) is 5. The van der Waals surface area contributed by atoms with Crippen LogP contribution >= 0.6 is 0 Å². The Morgan fingerprint density at radius 3 is 2.78 bits per heavy atom. The van der Waals surface area contributed by atoms with Crippen LogP contribution in [0.2, 0.25) is 0 Å². The monoisotopic (exact) mass is 365 g/mol. The summed E-state index contributed by atoms with van der Waals surface area (Å²) in [6, 6.07) is 8.03. The van der Waals surface area contributed by atoms with Crippen molar-refractivity contribution in [2.75, 3.05) is 13.1 Å². The Kier molecular flexibility index (Phi) is 4.86. The molecule has 0 bridgehead atoms. The van der Waals surface area contributed by atoms with E-state index in [1.54, 1.807) is 6.20 Å². The second-order valence-corrected chi connectivity index (χ2v) is 6.76. The summed E-state index contributed by atoms with van der Waals surface area (Å²) in [4.78, 5) is 23.0. The second kappa shape index (κ2) is 7.61. The summed E-state index contributed by atoms with van der Waals surface area (Å²) in [5.41, 5.74) is 2.10. The minimum absolute atomic E-state index is 0.0248. The van der Waals surface area contributed by atoms with Crippen molar-refractivity contribution >= 4 is 6.03 Å². The molecule has 0 atom stereocenters. The van der Waals surface area contributed by atoms with Crippen molar-refractivity contribution in [3.63, 3.8) is 0 Å². The number of H-pyrrole nitrogens is 1. The molecule has 3 aromatic rings. The van der Waals surface area contributed by atoms with Gasteiger partial charge in [-0.2, -0.15) is 5.10 Å². The van der Waals surface area contributed by atoms with Crippen molar-refractivity contribution in [1.29, 1.82) is 0 Å². The number of aryl methyl sites for hydroxylation is 1. The van der Waals surface area contributed by atoms with Gasteiger partial charge in [0.05, 0.1) is 5.69 Å². The molecule has 4 rings (SSSR count). The third-order valence-electron chi connectivity index (χ3n) is 5.11. The van der Waals surface area contributed by atoms with E-state index >= 15 is 0 Å². The lowest BCUT2D eigenvalue weighted by molar-refractivity contribution is 0.180. The zero-order valence-electron chi connectivity index (χ0n) is 15.3. The van der Waals surface area contributed by atoms with Crippen LogP contribution in [-0.4, -0.2) is 48.8 Å². The Labute approximate surface area is 157 Å². The lowest BCUT2D eigenvalue weighted by atomic mass is 9.96. The molecule has 3 heterocycles. The van der Waals surface area contributed by atoms with Gasteiger partial charge in [0.25, 0.3) is 0 Å². The van der Waals surface area contributed by atoms with Gasteiger partial charge >= 0.3 is 6.03 Å². The van der Waals surface area contributed by atoms with Crippen LogP contribution in [0.3, 0.4) is 0 Å². The standard InChI is InChI=1S/C19H23N7O/c1-14-20-8-11-26(14)17-5-3-2-4-16(17)12-21-19(27)25-9-6-15(7-10-25)18-22-13-23-24-18/h2-5,8,11,13,15H,6-7,9-10,12H2,1H3,(H,21,27)(H,22,23,24). The molecule has 1 aliphatic rings. The molecule has 1 aromatic carbocycles. The number of hydrogen-bond acceptors (Lipinski definition) is 4. The fourth-order valence-electron chi connectivity index (χ4n) is 3.58. The highest BCUT2D eigenvalue weighted by Crippen LogP contribution is 2.25. The number of aromatic nitrogens is 5. The van der Waals surface area contributed by atoms with Crippen LogP contribution in [0.25, 0.3) is 5.69 Å². The van der Waals surface area contributed by atoms with Gasteiger partial charge in [-0.05, 0) is 31.4 Å². The first-order valence-electron chi connectivity index (χ1n) is 9.18. The van der Waals surface area contributed by atoms with Gasteiger partial charge in [-0.15, -0.1) is 0 Å². The number of hydrogen-bond donors (Lipinski definition) is 2. The number of imidazole rings is 1. The molecule has 0 unspecified atom stereocenters. The normalized spacial score (nSPS) is 15.1. The van der Waals surface area contributed by atoms with Crippen LogP contribution in [0, 0.1) is 6.92 Å². The van der Waals surface area contributed by atoms with Crippen LogP contribution < -0.4 is 5.32 Å². The Morgan fingerprint density at radius 2 is 2.07 bits per heavy atom. The zero-order valence-corrected chi connectivity index (χ0v) is 15.3. The maximum Gasteiger partial charge on any atom is 0.317 e. The van der Waals surface area contributed by atoms with E-state index in [1.165, 1.54) is 6.33 Å². The van der Waals surface area contributed by atoms with Gasteiger partial charge < -0.3 is 14.8 Å². The molecule has 8 nitrogen and oxygen atoms in total. The van der Waals surface area contributed by atoms with Crippen LogP contribution in [0.5, 0.6) is 0 Å². The molecule has 1 fully saturated rings. The molecular formula is C19H23N7O. The molecule has 0 saturated carbocycles. The molecular weight excluding hydrogens is 342 g/mol. The number of piperidine rings is 1. The van der Waals surface area contributed by atoms with E-state index in [0.29, 0.717) is 12.5 Å². The molecule has 2 amide bonds. The van der Waals surface area contributed by atoms with Gasteiger partial charge in [0.2, 0.25) is 0 Å². The Bertz CT molecular complexity index is 894. The number of para-hydroxylation sites is 1. The highest BCUT2D eigenvalue weighted by Gasteiger charge is 2.25. The summed E-state index contributed by atoms with van der Waals surface area (Å²) >= 11 is 0. The average Bonchev–Trinajstić information content (AvgIpc) is 3.38.